The number of amides is 2. The summed E-state index contributed by atoms with van der Waals surface area (Å²) in [4.78, 5) is 32.8. The maximum Gasteiger partial charge on any atom is 0.249 e. The van der Waals surface area contributed by atoms with Gasteiger partial charge < -0.3 is 19.5 Å². The molecule has 0 spiro atoms. The third kappa shape index (κ3) is 5.50. The number of carbonyl (C=O) groups is 2. The number of pyridine rings is 1. The first-order chi connectivity index (χ1) is 17.8. The van der Waals surface area contributed by atoms with E-state index in [0.717, 1.165) is 23.2 Å². The van der Waals surface area contributed by atoms with Crippen LogP contribution in [-0.2, 0) is 29.0 Å². The van der Waals surface area contributed by atoms with Crippen LogP contribution in [0.3, 0.4) is 0 Å². The number of ether oxygens (including phenoxy) is 1. The Bertz CT molecular complexity index is 1390. The highest BCUT2D eigenvalue weighted by Gasteiger charge is 2.26. The smallest absolute Gasteiger partial charge is 0.249 e. The van der Waals surface area contributed by atoms with E-state index in [1.165, 1.54) is 21.4 Å². The summed E-state index contributed by atoms with van der Waals surface area (Å²) in [6, 6.07) is 18.6. The predicted molar refractivity (Wildman–Crippen MR) is 147 cm³/mol. The van der Waals surface area contributed by atoms with Crippen LogP contribution in [0.5, 0.6) is 5.88 Å². The summed E-state index contributed by atoms with van der Waals surface area (Å²) in [6.45, 7) is 6.43. The zero-order chi connectivity index (χ0) is 26.5. The van der Waals surface area contributed by atoms with Gasteiger partial charge in [0.05, 0.1) is 19.0 Å². The molecule has 0 fully saturated rings. The highest BCUT2D eigenvalue weighted by Crippen LogP contribution is 2.29. The molecule has 0 aliphatic rings. The molecule has 1 atom stereocenters. The van der Waals surface area contributed by atoms with Crippen molar-refractivity contribution in [2.24, 2.45) is 0 Å². The number of fused-ring (bicyclic) bond motifs is 1. The van der Waals surface area contributed by atoms with E-state index in [2.05, 4.69) is 47.8 Å². The van der Waals surface area contributed by atoms with E-state index in [0.29, 0.717) is 18.0 Å². The summed E-state index contributed by atoms with van der Waals surface area (Å²) in [5.41, 5.74) is 6.15. The Morgan fingerprint density at radius 3 is 2.46 bits per heavy atom. The maximum absolute atomic E-state index is 13.6. The van der Waals surface area contributed by atoms with Crippen molar-refractivity contribution in [1.29, 1.82) is 0 Å². The van der Waals surface area contributed by atoms with Gasteiger partial charge >= 0.3 is 0 Å². The van der Waals surface area contributed by atoms with Crippen LogP contribution in [0.4, 0.5) is 5.69 Å². The lowest BCUT2D eigenvalue weighted by atomic mass is 10.0. The molecular weight excluding hydrogens is 464 g/mol. The molecular formula is C30H34N4O3. The zero-order valence-corrected chi connectivity index (χ0v) is 22.1. The third-order valence-corrected chi connectivity index (χ3v) is 6.90. The maximum atomic E-state index is 13.6. The molecule has 0 radical (unpaired) electrons. The Morgan fingerprint density at radius 2 is 1.81 bits per heavy atom. The van der Waals surface area contributed by atoms with Gasteiger partial charge in [0.2, 0.25) is 17.7 Å². The lowest BCUT2D eigenvalue weighted by Crippen LogP contribution is -2.49. The Kier molecular flexibility index (Phi) is 7.92. The van der Waals surface area contributed by atoms with Gasteiger partial charge in [-0.05, 0) is 49.1 Å². The van der Waals surface area contributed by atoms with Gasteiger partial charge in [-0.3, -0.25) is 9.59 Å². The van der Waals surface area contributed by atoms with E-state index in [4.69, 9.17) is 4.74 Å². The van der Waals surface area contributed by atoms with E-state index < -0.39 is 6.04 Å². The van der Waals surface area contributed by atoms with Gasteiger partial charge in [0, 0.05) is 36.1 Å². The number of aryl methyl sites for hydroxylation is 2. The van der Waals surface area contributed by atoms with Gasteiger partial charge in [-0.2, -0.15) is 0 Å². The van der Waals surface area contributed by atoms with Gasteiger partial charge in [-0.25, -0.2) is 4.98 Å². The van der Waals surface area contributed by atoms with Gasteiger partial charge in [0.25, 0.3) is 0 Å². The van der Waals surface area contributed by atoms with Crippen molar-refractivity contribution in [1.82, 2.24) is 14.9 Å². The Morgan fingerprint density at radius 1 is 1.05 bits per heavy atom. The van der Waals surface area contributed by atoms with E-state index in [1.807, 2.05) is 36.4 Å². The van der Waals surface area contributed by atoms with E-state index in [1.54, 1.807) is 32.5 Å². The summed E-state index contributed by atoms with van der Waals surface area (Å²) < 4.78 is 7.18. The monoisotopic (exact) mass is 498 g/mol. The zero-order valence-electron chi connectivity index (χ0n) is 22.1. The number of benzene rings is 2. The number of rotatable bonds is 9. The molecule has 2 heterocycles. The molecule has 0 aliphatic carbocycles. The topological polar surface area (TPSA) is 76.5 Å². The Labute approximate surface area is 218 Å². The second kappa shape index (κ2) is 11.3. The number of hydrogen-bond acceptors (Lipinski definition) is 4. The normalized spacial score (nSPS) is 11.8. The van der Waals surface area contributed by atoms with Gasteiger partial charge in [-0.1, -0.05) is 49.4 Å². The first kappa shape index (κ1) is 25.9. The Hall–Kier alpha value is -4.13. The Balaban J connectivity index is 1.60. The highest BCUT2D eigenvalue weighted by molar-refractivity contribution is 5.99. The first-order valence-corrected chi connectivity index (χ1v) is 12.5. The van der Waals surface area contributed by atoms with Crippen LogP contribution < -0.4 is 15.0 Å². The average Bonchev–Trinajstić information content (AvgIpc) is 3.19. The lowest BCUT2D eigenvalue weighted by Gasteiger charge is -2.25. The molecule has 1 N–H and O–H groups in total. The summed E-state index contributed by atoms with van der Waals surface area (Å²) in [5, 5.41) is 4.23. The summed E-state index contributed by atoms with van der Waals surface area (Å²) in [7, 11) is 3.23. The van der Waals surface area contributed by atoms with Crippen LogP contribution in [0.1, 0.15) is 29.3 Å². The van der Waals surface area contributed by atoms with Crippen molar-refractivity contribution < 1.29 is 14.3 Å². The van der Waals surface area contributed by atoms with Gasteiger partial charge in [-0.15, -0.1) is 0 Å². The predicted octanol–water partition coefficient (Wildman–Crippen LogP) is 4.61. The summed E-state index contributed by atoms with van der Waals surface area (Å²) in [6.07, 6.45) is 2.85. The third-order valence-electron chi connectivity index (χ3n) is 6.90. The molecule has 7 heteroatoms. The highest BCUT2D eigenvalue weighted by atomic mass is 16.5. The minimum absolute atomic E-state index is 0.137. The molecule has 2 aromatic carbocycles. The SMILES string of the molecule is CCc1c(C)n(CC(=O)N[C@@H](Cc2ccccc2)C(=O)N(C)c2ccc(OC)nc2)c2cccc(C)c12. The van der Waals surface area contributed by atoms with E-state index in [-0.39, 0.29) is 18.4 Å². The number of aromatic nitrogens is 2. The fraction of sp³-hybridized carbons (Fsp3) is 0.300. The molecule has 0 unspecified atom stereocenters. The number of carbonyl (C=O) groups excluding carboxylic acids is 2. The van der Waals surface area contributed by atoms with Crippen LogP contribution in [-0.4, -0.2) is 41.6 Å². The largest absolute Gasteiger partial charge is 0.481 e. The molecule has 7 nitrogen and oxygen atoms in total. The van der Waals surface area contributed by atoms with E-state index in [9.17, 15) is 9.59 Å². The second-order valence-electron chi connectivity index (χ2n) is 9.24. The molecule has 37 heavy (non-hydrogen) atoms. The fourth-order valence-corrected chi connectivity index (χ4v) is 4.92. The average molecular weight is 499 g/mol. The number of methoxy groups -OCH3 is 1. The molecule has 0 saturated heterocycles. The van der Waals surface area contributed by atoms with Crippen molar-refractivity contribution >= 4 is 28.4 Å². The molecule has 192 valence electrons. The molecule has 0 saturated carbocycles. The van der Waals surface area contributed by atoms with Crippen molar-refractivity contribution in [3.63, 3.8) is 0 Å². The van der Waals surface area contributed by atoms with E-state index >= 15 is 0 Å². The number of anilines is 1. The van der Waals surface area contributed by atoms with Crippen LogP contribution in [0.2, 0.25) is 0 Å². The van der Waals surface area contributed by atoms with Crippen LogP contribution >= 0.6 is 0 Å². The molecule has 0 bridgehead atoms. The minimum atomic E-state index is -0.739. The number of hydrogen-bond donors (Lipinski definition) is 1. The number of likely N-dealkylation sites (N-methyl/N-ethyl adjacent to an activating group) is 1. The number of nitrogens with one attached hydrogen (secondary N) is 1. The summed E-state index contributed by atoms with van der Waals surface area (Å²) in [5.74, 6) is 0.0396. The van der Waals surface area contributed by atoms with Crippen LogP contribution in [0.15, 0.2) is 66.9 Å². The van der Waals surface area contributed by atoms with Crippen molar-refractivity contribution in [2.75, 3.05) is 19.1 Å². The van der Waals surface area contributed by atoms with Crippen LogP contribution in [0.25, 0.3) is 10.9 Å². The van der Waals surface area contributed by atoms with Crippen LogP contribution in [0, 0.1) is 13.8 Å². The quantitative estimate of drug-likeness (QED) is 0.366. The molecule has 2 aromatic heterocycles. The van der Waals surface area contributed by atoms with Gasteiger partial charge in [0.15, 0.2) is 0 Å². The molecule has 2 amide bonds. The van der Waals surface area contributed by atoms with Gasteiger partial charge in [0.1, 0.15) is 12.6 Å². The van der Waals surface area contributed by atoms with Crippen molar-refractivity contribution in [3.8, 4) is 5.88 Å². The lowest BCUT2D eigenvalue weighted by molar-refractivity contribution is -0.127. The minimum Gasteiger partial charge on any atom is -0.481 e. The fourth-order valence-electron chi connectivity index (χ4n) is 4.92. The van der Waals surface area contributed by atoms with Crippen molar-refractivity contribution in [3.05, 3.63) is 89.2 Å². The molecule has 4 rings (SSSR count). The molecule has 4 aromatic rings. The first-order valence-electron chi connectivity index (χ1n) is 12.5. The molecule has 0 aliphatic heterocycles. The second-order valence-corrected chi connectivity index (χ2v) is 9.24. The van der Waals surface area contributed by atoms with Crippen molar-refractivity contribution in [2.45, 2.75) is 46.2 Å². The summed E-state index contributed by atoms with van der Waals surface area (Å²) >= 11 is 0. The standard InChI is InChI=1S/C30H34N4O3/c1-6-24-21(3)34(26-14-10-11-20(2)29(24)26)19-27(35)32-25(17-22-12-8-7-9-13-22)30(36)33(4)23-15-16-28(37-5)31-18-23/h7-16,18,25H,6,17,19H2,1-5H3,(H,32,35)/t25-/m0/s1. The number of nitrogens with zero attached hydrogens (tertiary/aromatic N) is 3.